The van der Waals surface area contributed by atoms with Crippen molar-refractivity contribution < 1.29 is 9.21 Å². The van der Waals surface area contributed by atoms with Crippen LogP contribution in [0, 0.1) is 18.3 Å². The van der Waals surface area contributed by atoms with Gasteiger partial charge in [0.1, 0.15) is 17.9 Å². The van der Waals surface area contributed by atoms with Crippen LogP contribution < -0.4 is 0 Å². The first-order valence-electron chi connectivity index (χ1n) is 3.72. The molecule has 1 amide bonds. The van der Waals surface area contributed by atoms with Crippen molar-refractivity contribution in [1.29, 1.82) is 5.26 Å². The summed E-state index contributed by atoms with van der Waals surface area (Å²) in [5, 5.41) is 8.17. The van der Waals surface area contributed by atoms with Crippen LogP contribution in [-0.2, 0) is 4.79 Å². The summed E-state index contributed by atoms with van der Waals surface area (Å²) in [6.07, 6.45) is 1.11. The molecule has 0 radical (unpaired) electrons. The average molecular weight is 176 g/mol. The van der Waals surface area contributed by atoms with Crippen molar-refractivity contribution in [3.63, 3.8) is 0 Å². The number of aryl methyl sites for hydroxylation is 1. The minimum atomic E-state index is -0.462. The van der Waals surface area contributed by atoms with E-state index in [0.29, 0.717) is 5.76 Å². The van der Waals surface area contributed by atoms with Gasteiger partial charge in [0.25, 0.3) is 5.91 Å². The molecule has 1 heterocycles. The van der Waals surface area contributed by atoms with Gasteiger partial charge in [-0.15, -0.1) is 0 Å². The summed E-state index contributed by atoms with van der Waals surface area (Å²) in [6.45, 7) is 1.80. The summed E-state index contributed by atoms with van der Waals surface area (Å²) in [4.78, 5) is 14.3. The van der Waals surface area contributed by atoms with Crippen LogP contribution in [0.25, 0.3) is 0 Å². The fourth-order valence-corrected chi connectivity index (χ4v) is 0.772. The van der Waals surface area contributed by atoms with E-state index in [4.69, 9.17) is 9.68 Å². The monoisotopic (exact) mass is 176 g/mol. The van der Waals surface area contributed by atoms with Gasteiger partial charge in [-0.2, -0.15) is 5.26 Å². The molecule has 0 aromatic carbocycles. The Bertz CT molecular complexity index is 371. The molecular formula is C9H8N2O2. The minimum Gasteiger partial charge on any atom is -0.460 e. The number of hydrogen-bond acceptors (Lipinski definition) is 3. The molecule has 0 atom stereocenters. The van der Waals surface area contributed by atoms with Crippen molar-refractivity contribution in [2.45, 2.75) is 13.3 Å². The lowest BCUT2D eigenvalue weighted by Crippen LogP contribution is -1.90. The number of aliphatic imine (C=N–C) groups is 1. The molecule has 1 aromatic rings. The summed E-state index contributed by atoms with van der Waals surface area (Å²) >= 11 is 0. The number of nitriles is 1. The number of rotatable bonds is 2. The molecule has 4 heteroatoms. The Morgan fingerprint density at radius 2 is 2.54 bits per heavy atom. The van der Waals surface area contributed by atoms with Gasteiger partial charge in [-0.1, -0.05) is 0 Å². The van der Waals surface area contributed by atoms with Crippen LogP contribution >= 0.6 is 0 Å². The van der Waals surface area contributed by atoms with Crippen molar-refractivity contribution in [2.24, 2.45) is 4.99 Å². The standard InChI is InChI=1S/C9H8N2O2/c1-7-2-3-8(13-7)6-11-9(12)4-5-10/h2-3,6H,4H2,1H3. The third-order valence-electron chi connectivity index (χ3n) is 1.33. The van der Waals surface area contributed by atoms with Crippen molar-refractivity contribution in [3.8, 4) is 6.07 Å². The van der Waals surface area contributed by atoms with Crippen LogP contribution in [0.4, 0.5) is 0 Å². The minimum absolute atomic E-state index is 0.198. The van der Waals surface area contributed by atoms with E-state index in [1.807, 2.05) is 0 Å². The van der Waals surface area contributed by atoms with Crippen molar-refractivity contribution in [3.05, 3.63) is 23.7 Å². The van der Waals surface area contributed by atoms with Crippen LogP contribution in [0.15, 0.2) is 21.5 Å². The first-order valence-corrected chi connectivity index (χ1v) is 3.72. The van der Waals surface area contributed by atoms with E-state index in [2.05, 4.69) is 4.99 Å². The Morgan fingerprint density at radius 1 is 1.77 bits per heavy atom. The lowest BCUT2D eigenvalue weighted by molar-refractivity contribution is -0.116. The van der Waals surface area contributed by atoms with E-state index in [1.54, 1.807) is 25.1 Å². The lowest BCUT2D eigenvalue weighted by atomic mass is 10.4. The van der Waals surface area contributed by atoms with Crippen molar-refractivity contribution in [2.75, 3.05) is 0 Å². The molecule has 0 saturated heterocycles. The quantitative estimate of drug-likeness (QED) is 0.640. The first-order chi connectivity index (χ1) is 6.22. The van der Waals surface area contributed by atoms with Gasteiger partial charge >= 0.3 is 0 Å². The van der Waals surface area contributed by atoms with Gasteiger partial charge in [0.05, 0.1) is 12.3 Å². The topological polar surface area (TPSA) is 66.4 Å². The van der Waals surface area contributed by atoms with E-state index in [1.165, 1.54) is 6.21 Å². The molecule has 0 fully saturated rings. The van der Waals surface area contributed by atoms with E-state index in [0.717, 1.165) is 5.76 Å². The zero-order chi connectivity index (χ0) is 9.68. The van der Waals surface area contributed by atoms with Gasteiger partial charge in [-0.25, -0.2) is 4.99 Å². The zero-order valence-electron chi connectivity index (χ0n) is 7.15. The molecule has 0 aliphatic carbocycles. The number of nitrogens with zero attached hydrogens (tertiary/aromatic N) is 2. The van der Waals surface area contributed by atoms with E-state index >= 15 is 0 Å². The Balaban J connectivity index is 2.59. The number of carbonyl (C=O) groups excluding carboxylic acids is 1. The number of amides is 1. The van der Waals surface area contributed by atoms with Crippen molar-refractivity contribution >= 4 is 12.1 Å². The molecule has 66 valence electrons. The molecule has 1 rings (SSSR count). The van der Waals surface area contributed by atoms with E-state index in [9.17, 15) is 4.79 Å². The number of hydrogen-bond donors (Lipinski definition) is 0. The van der Waals surface area contributed by atoms with Crippen LogP contribution in [0.1, 0.15) is 17.9 Å². The third-order valence-corrected chi connectivity index (χ3v) is 1.33. The summed E-state index contributed by atoms with van der Waals surface area (Å²) in [5.41, 5.74) is 0. The smallest absolute Gasteiger partial charge is 0.259 e. The predicted molar refractivity (Wildman–Crippen MR) is 46.3 cm³/mol. The molecule has 0 N–H and O–H groups in total. The molecule has 4 nitrogen and oxygen atoms in total. The van der Waals surface area contributed by atoms with Crippen LogP contribution in [-0.4, -0.2) is 12.1 Å². The van der Waals surface area contributed by atoms with Gasteiger partial charge < -0.3 is 4.42 Å². The molecule has 0 aliphatic heterocycles. The number of furan rings is 1. The van der Waals surface area contributed by atoms with Gasteiger partial charge in [0, 0.05) is 0 Å². The van der Waals surface area contributed by atoms with Gasteiger partial charge in [0.15, 0.2) is 0 Å². The maximum Gasteiger partial charge on any atom is 0.259 e. The molecule has 0 unspecified atom stereocenters. The molecule has 0 saturated carbocycles. The van der Waals surface area contributed by atoms with Crippen LogP contribution in [0.5, 0.6) is 0 Å². The Morgan fingerprint density at radius 3 is 3.08 bits per heavy atom. The highest BCUT2D eigenvalue weighted by molar-refractivity contribution is 5.91. The largest absolute Gasteiger partial charge is 0.460 e. The third kappa shape index (κ3) is 2.91. The summed E-state index contributed by atoms with van der Waals surface area (Å²) in [6, 6.07) is 5.20. The lowest BCUT2D eigenvalue weighted by Gasteiger charge is -1.84. The fraction of sp³-hybridized carbons (Fsp3) is 0.222. The van der Waals surface area contributed by atoms with Gasteiger partial charge in [0.2, 0.25) is 0 Å². The van der Waals surface area contributed by atoms with Crippen molar-refractivity contribution in [1.82, 2.24) is 0 Å². The van der Waals surface area contributed by atoms with E-state index < -0.39 is 5.91 Å². The van der Waals surface area contributed by atoms with Crippen LogP contribution in [0.3, 0.4) is 0 Å². The number of carbonyl (C=O) groups is 1. The molecule has 0 spiro atoms. The highest BCUT2D eigenvalue weighted by Gasteiger charge is 1.97. The molecule has 13 heavy (non-hydrogen) atoms. The highest BCUT2D eigenvalue weighted by Crippen LogP contribution is 2.03. The maximum atomic E-state index is 10.8. The molecule has 0 aliphatic rings. The summed E-state index contributed by atoms with van der Waals surface area (Å²) in [5.74, 6) is 0.814. The fourth-order valence-electron chi connectivity index (χ4n) is 0.772. The zero-order valence-corrected chi connectivity index (χ0v) is 7.15. The Labute approximate surface area is 75.5 Å². The Kier molecular flexibility index (Phi) is 2.98. The predicted octanol–water partition coefficient (Wildman–Crippen LogP) is 1.45. The van der Waals surface area contributed by atoms with Gasteiger partial charge in [-0.3, -0.25) is 4.79 Å². The summed E-state index contributed by atoms with van der Waals surface area (Å²) < 4.78 is 5.13. The van der Waals surface area contributed by atoms with Gasteiger partial charge in [-0.05, 0) is 19.1 Å². The molecule has 1 aromatic heterocycles. The molecule has 0 bridgehead atoms. The second kappa shape index (κ2) is 4.21. The summed E-state index contributed by atoms with van der Waals surface area (Å²) in [7, 11) is 0. The SMILES string of the molecule is Cc1ccc(C=NC(=O)CC#N)o1. The second-order valence-electron chi connectivity index (χ2n) is 2.44. The van der Waals surface area contributed by atoms with E-state index in [-0.39, 0.29) is 6.42 Å². The Hall–Kier alpha value is -1.89. The average Bonchev–Trinajstić information content (AvgIpc) is 2.49. The highest BCUT2D eigenvalue weighted by atomic mass is 16.3. The molecular weight excluding hydrogens is 168 g/mol. The first kappa shape index (κ1) is 9.20. The maximum absolute atomic E-state index is 10.8. The second-order valence-corrected chi connectivity index (χ2v) is 2.44. The normalized spacial score (nSPS) is 10.2. The van der Waals surface area contributed by atoms with Crippen LogP contribution in [0.2, 0.25) is 0 Å².